The predicted molar refractivity (Wildman–Crippen MR) is 75.0 cm³/mol. The number of aromatic nitrogens is 4. The largest absolute Gasteiger partial charge is 0.452 e. The molecule has 112 valence electrons. The molecule has 2 aromatic rings. The number of aryl methyl sites for hydroxylation is 2. The van der Waals surface area contributed by atoms with Crippen LogP contribution in [0.1, 0.15) is 42.8 Å². The van der Waals surface area contributed by atoms with Gasteiger partial charge in [-0.25, -0.2) is 14.3 Å². The number of carbonyl (C=O) groups excluding carboxylic acids is 2. The summed E-state index contributed by atoms with van der Waals surface area (Å²) in [6.45, 7) is 8.69. The van der Waals surface area contributed by atoms with E-state index in [1.165, 1.54) is 4.52 Å². The highest BCUT2D eigenvalue weighted by Crippen LogP contribution is 2.14. The summed E-state index contributed by atoms with van der Waals surface area (Å²) >= 11 is 0. The molecule has 0 aliphatic rings. The maximum absolute atomic E-state index is 11.9. The smallest absolute Gasteiger partial charge is 0.378 e. The highest BCUT2D eigenvalue weighted by atomic mass is 16.5. The fourth-order valence-electron chi connectivity index (χ4n) is 1.66. The molecule has 0 unspecified atom stereocenters. The topological polar surface area (TPSA) is 86.5 Å². The van der Waals surface area contributed by atoms with Crippen LogP contribution in [0.3, 0.4) is 0 Å². The Morgan fingerprint density at radius 2 is 1.90 bits per heavy atom. The molecule has 0 radical (unpaired) electrons. The minimum atomic E-state index is -0.727. The van der Waals surface area contributed by atoms with Crippen molar-refractivity contribution in [3.05, 3.63) is 23.3 Å². The van der Waals surface area contributed by atoms with E-state index < -0.39 is 11.4 Å². The van der Waals surface area contributed by atoms with Gasteiger partial charge in [-0.15, -0.1) is 5.10 Å². The third kappa shape index (κ3) is 3.24. The summed E-state index contributed by atoms with van der Waals surface area (Å²) in [7, 11) is 0. The van der Waals surface area contributed by atoms with Crippen LogP contribution in [-0.2, 0) is 9.53 Å². The van der Waals surface area contributed by atoms with Crippen LogP contribution in [0.2, 0.25) is 0 Å². The van der Waals surface area contributed by atoms with E-state index in [4.69, 9.17) is 4.74 Å². The molecule has 21 heavy (non-hydrogen) atoms. The molecule has 2 rings (SSSR count). The Morgan fingerprint density at radius 3 is 2.52 bits per heavy atom. The van der Waals surface area contributed by atoms with Crippen LogP contribution in [0.15, 0.2) is 6.07 Å². The molecule has 7 heteroatoms. The summed E-state index contributed by atoms with van der Waals surface area (Å²) < 4.78 is 6.43. The van der Waals surface area contributed by atoms with Crippen LogP contribution in [0.4, 0.5) is 0 Å². The Hall–Kier alpha value is -2.31. The fourth-order valence-corrected chi connectivity index (χ4v) is 1.66. The van der Waals surface area contributed by atoms with E-state index in [-0.39, 0.29) is 18.2 Å². The first kappa shape index (κ1) is 15.1. The van der Waals surface area contributed by atoms with Gasteiger partial charge in [0.15, 0.2) is 12.4 Å². The average Bonchev–Trinajstić information content (AvgIpc) is 2.78. The lowest BCUT2D eigenvalue weighted by Gasteiger charge is -2.15. The molecule has 0 aliphatic heterocycles. The number of carbonyl (C=O) groups is 2. The van der Waals surface area contributed by atoms with E-state index in [1.54, 1.807) is 20.8 Å². The van der Waals surface area contributed by atoms with Crippen molar-refractivity contribution < 1.29 is 14.3 Å². The number of esters is 1. The first-order valence-corrected chi connectivity index (χ1v) is 6.60. The Balaban J connectivity index is 2.17. The fraction of sp³-hybridized carbons (Fsp3) is 0.500. The summed E-state index contributed by atoms with van der Waals surface area (Å²) in [5.41, 5.74) is 1.05. The van der Waals surface area contributed by atoms with Crippen molar-refractivity contribution in [2.75, 3.05) is 6.61 Å². The van der Waals surface area contributed by atoms with Gasteiger partial charge in [0.05, 0.1) is 0 Å². The van der Waals surface area contributed by atoms with Gasteiger partial charge < -0.3 is 4.74 Å². The zero-order chi connectivity index (χ0) is 15.8. The summed E-state index contributed by atoms with van der Waals surface area (Å²) in [6, 6.07) is 1.83. The Morgan fingerprint density at radius 1 is 1.24 bits per heavy atom. The highest BCUT2D eigenvalue weighted by Gasteiger charge is 2.24. The molecule has 0 saturated heterocycles. The molecule has 0 bridgehead atoms. The molecule has 0 amide bonds. The van der Waals surface area contributed by atoms with E-state index >= 15 is 0 Å². The van der Waals surface area contributed by atoms with Gasteiger partial charge in [-0.05, 0) is 19.9 Å². The van der Waals surface area contributed by atoms with Gasteiger partial charge in [0.2, 0.25) is 0 Å². The standard InChI is InChI=1S/C14H18N4O3/c1-8-6-9(2)18-13(15-8)16-11(17-18)12(20)21-7-10(19)14(3,4)5/h6H,7H2,1-5H3. The monoisotopic (exact) mass is 290 g/mol. The first-order chi connectivity index (χ1) is 9.68. The average molecular weight is 290 g/mol. The minimum Gasteiger partial charge on any atom is -0.452 e. The van der Waals surface area contributed by atoms with Crippen LogP contribution in [0.25, 0.3) is 5.78 Å². The van der Waals surface area contributed by atoms with Crippen molar-refractivity contribution in [3.63, 3.8) is 0 Å². The molecular formula is C14H18N4O3. The molecule has 0 aliphatic carbocycles. The Labute approximate surface area is 122 Å². The number of ketones is 1. The molecule has 0 saturated carbocycles. The molecule has 0 atom stereocenters. The lowest BCUT2D eigenvalue weighted by atomic mass is 9.91. The lowest BCUT2D eigenvalue weighted by molar-refractivity contribution is -0.129. The number of Topliss-reactive ketones (excluding diaryl/α,β-unsaturated/α-hetero) is 1. The number of rotatable bonds is 3. The molecular weight excluding hydrogens is 272 g/mol. The summed E-state index contributed by atoms with van der Waals surface area (Å²) in [5.74, 6) is -0.653. The molecule has 2 heterocycles. The summed E-state index contributed by atoms with van der Waals surface area (Å²) in [5, 5.41) is 4.05. The van der Waals surface area contributed by atoms with Gasteiger partial charge in [-0.1, -0.05) is 20.8 Å². The second-order valence-electron chi connectivity index (χ2n) is 5.94. The number of ether oxygens (including phenoxy) is 1. The molecule has 0 aromatic carbocycles. The van der Waals surface area contributed by atoms with Crippen LogP contribution in [0, 0.1) is 19.3 Å². The van der Waals surface area contributed by atoms with Crippen molar-refractivity contribution in [1.82, 2.24) is 19.6 Å². The third-order valence-corrected chi connectivity index (χ3v) is 2.97. The molecule has 0 fully saturated rings. The van der Waals surface area contributed by atoms with E-state index in [2.05, 4.69) is 15.1 Å². The Bertz CT molecular complexity index is 713. The molecule has 7 nitrogen and oxygen atoms in total. The number of hydrogen-bond acceptors (Lipinski definition) is 6. The quantitative estimate of drug-likeness (QED) is 0.796. The van der Waals surface area contributed by atoms with E-state index in [0.29, 0.717) is 5.78 Å². The van der Waals surface area contributed by atoms with Gasteiger partial charge in [0.25, 0.3) is 11.6 Å². The van der Waals surface area contributed by atoms with Crippen molar-refractivity contribution in [2.45, 2.75) is 34.6 Å². The van der Waals surface area contributed by atoms with E-state index in [0.717, 1.165) is 11.4 Å². The molecule has 0 spiro atoms. The van der Waals surface area contributed by atoms with Crippen molar-refractivity contribution in [1.29, 1.82) is 0 Å². The maximum atomic E-state index is 11.9. The van der Waals surface area contributed by atoms with Crippen LogP contribution in [-0.4, -0.2) is 37.9 Å². The van der Waals surface area contributed by atoms with Gasteiger partial charge in [0.1, 0.15) is 0 Å². The van der Waals surface area contributed by atoms with Crippen LogP contribution >= 0.6 is 0 Å². The third-order valence-electron chi connectivity index (χ3n) is 2.97. The van der Waals surface area contributed by atoms with Gasteiger partial charge in [0, 0.05) is 16.8 Å². The van der Waals surface area contributed by atoms with Crippen molar-refractivity contribution >= 4 is 17.5 Å². The zero-order valence-electron chi connectivity index (χ0n) is 12.8. The van der Waals surface area contributed by atoms with Crippen LogP contribution < -0.4 is 0 Å². The lowest BCUT2D eigenvalue weighted by Crippen LogP contribution is -2.26. The second kappa shape index (κ2) is 5.23. The molecule has 2 aromatic heterocycles. The van der Waals surface area contributed by atoms with E-state index in [1.807, 2.05) is 19.9 Å². The zero-order valence-corrected chi connectivity index (χ0v) is 12.8. The predicted octanol–water partition coefficient (Wildman–Crippen LogP) is 1.51. The number of nitrogens with zero attached hydrogens (tertiary/aromatic N) is 4. The van der Waals surface area contributed by atoms with Gasteiger partial charge in [-0.3, -0.25) is 4.79 Å². The Kier molecular flexibility index (Phi) is 3.76. The minimum absolute atomic E-state index is 0.0992. The summed E-state index contributed by atoms with van der Waals surface area (Å²) in [6.07, 6.45) is 0. The highest BCUT2D eigenvalue weighted by molar-refractivity contribution is 5.90. The molecule has 0 N–H and O–H groups in total. The maximum Gasteiger partial charge on any atom is 0.378 e. The second-order valence-corrected chi connectivity index (χ2v) is 5.94. The normalized spacial score (nSPS) is 11.7. The summed E-state index contributed by atoms with van der Waals surface area (Å²) in [4.78, 5) is 31.9. The number of hydrogen-bond donors (Lipinski definition) is 0. The van der Waals surface area contributed by atoms with Crippen molar-refractivity contribution in [3.8, 4) is 0 Å². The van der Waals surface area contributed by atoms with E-state index in [9.17, 15) is 9.59 Å². The SMILES string of the molecule is Cc1cc(C)n2nc(C(=O)OCC(=O)C(C)(C)C)nc2n1. The van der Waals surface area contributed by atoms with Crippen LogP contribution in [0.5, 0.6) is 0 Å². The number of fused-ring (bicyclic) bond motifs is 1. The van der Waals surface area contributed by atoms with Crippen molar-refractivity contribution in [2.24, 2.45) is 5.41 Å². The van der Waals surface area contributed by atoms with Gasteiger partial charge in [-0.2, -0.15) is 4.98 Å². The first-order valence-electron chi connectivity index (χ1n) is 6.60. The van der Waals surface area contributed by atoms with Gasteiger partial charge >= 0.3 is 5.97 Å².